The predicted octanol–water partition coefficient (Wildman–Crippen LogP) is 3.84. The molecule has 0 amide bonds. The van der Waals surface area contributed by atoms with Gasteiger partial charge >= 0.3 is 6.55 Å². The Morgan fingerprint density at radius 1 is 1.50 bits per heavy atom. The molecule has 0 spiro atoms. The van der Waals surface area contributed by atoms with Crippen LogP contribution in [0, 0.1) is 0 Å². The number of halogens is 3. The lowest BCUT2D eigenvalue weighted by molar-refractivity contribution is 0.0665. The van der Waals surface area contributed by atoms with E-state index in [1.807, 2.05) is 19.1 Å². The van der Waals surface area contributed by atoms with Crippen LogP contribution in [0.1, 0.15) is 30.2 Å². The Morgan fingerprint density at radius 3 is 2.89 bits per heavy atom. The molecule has 0 fully saturated rings. The van der Waals surface area contributed by atoms with Gasteiger partial charge in [0.25, 0.3) is 0 Å². The lowest BCUT2D eigenvalue weighted by Crippen LogP contribution is -2.20. The molecule has 7 heteroatoms. The lowest BCUT2D eigenvalue weighted by Gasteiger charge is -2.12. The second-order valence-electron chi connectivity index (χ2n) is 3.77. The molecule has 0 saturated carbocycles. The molecular formula is C11H12ClF2N3S. The van der Waals surface area contributed by atoms with Crippen LogP contribution in [-0.2, 0) is 6.54 Å². The van der Waals surface area contributed by atoms with Crippen LogP contribution in [0.3, 0.4) is 0 Å². The summed E-state index contributed by atoms with van der Waals surface area (Å²) in [5.41, 5.74) is 0. The minimum atomic E-state index is -2.56. The summed E-state index contributed by atoms with van der Waals surface area (Å²) in [4.78, 5) is 4.97. The smallest absolute Gasteiger partial charge is 0.302 e. The monoisotopic (exact) mass is 291 g/mol. The van der Waals surface area contributed by atoms with Gasteiger partial charge in [-0.2, -0.15) is 8.78 Å². The molecule has 18 heavy (non-hydrogen) atoms. The molecule has 3 nitrogen and oxygen atoms in total. The highest BCUT2D eigenvalue weighted by atomic mass is 35.5. The van der Waals surface area contributed by atoms with E-state index in [4.69, 9.17) is 11.6 Å². The quantitative estimate of drug-likeness (QED) is 0.907. The van der Waals surface area contributed by atoms with Crippen molar-refractivity contribution in [2.45, 2.75) is 26.1 Å². The van der Waals surface area contributed by atoms with Crippen LogP contribution in [0.5, 0.6) is 0 Å². The molecule has 2 aromatic rings. The van der Waals surface area contributed by atoms with Crippen LogP contribution < -0.4 is 5.32 Å². The Labute approximate surface area is 112 Å². The van der Waals surface area contributed by atoms with Crippen LogP contribution in [0.15, 0.2) is 24.5 Å². The second kappa shape index (κ2) is 5.77. The Morgan fingerprint density at radius 2 is 2.28 bits per heavy atom. The number of hydrogen-bond acceptors (Lipinski definition) is 3. The van der Waals surface area contributed by atoms with Crippen molar-refractivity contribution in [1.82, 2.24) is 14.9 Å². The average Bonchev–Trinajstić information content (AvgIpc) is 2.94. The summed E-state index contributed by atoms with van der Waals surface area (Å²) < 4.78 is 26.7. The van der Waals surface area contributed by atoms with E-state index in [9.17, 15) is 8.78 Å². The van der Waals surface area contributed by atoms with Crippen molar-refractivity contribution < 1.29 is 8.78 Å². The number of rotatable bonds is 5. The molecule has 0 bridgehead atoms. The highest BCUT2D eigenvalue weighted by Gasteiger charge is 2.13. The number of nitrogens with one attached hydrogen (secondary N) is 1. The molecule has 1 atom stereocenters. The molecule has 2 heterocycles. The van der Waals surface area contributed by atoms with Crippen molar-refractivity contribution in [2.75, 3.05) is 0 Å². The van der Waals surface area contributed by atoms with Crippen molar-refractivity contribution in [3.05, 3.63) is 39.6 Å². The van der Waals surface area contributed by atoms with Gasteiger partial charge in [-0.3, -0.25) is 4.57 Å². The maximum Gasteiger partial charge on any atom is 0.319 e. The molecule has 0 aromatic carbocycles. The molecule has 2 rings (SSSR count). The summed E-state index contributed by atoms with van der Waals surface area (Å²) in [7, 11) is 0. The molecule has 1 N–H and O–H groups in total. The third-order valence-electron chi connectivity index (χ3n) is 2.55. The Kier molecular flexibility index (Phi) is 4.31. The number of thiophene rings is 1. The maximum atomic E-state index is 12.6. The minimum Gasteiger partial charge on any atom is -0.302 e. The largest absolute Gasteiger partial charge is 0.319 e. The average molecular weight is 292 g/mol. The van der Waals surface area contributed by atoms with Gasteiger partial charge in [0.2, 0.25) is 0 Å². The van der Waals surface area contributed by atoms with Crippen LogP contribution >= 0.6 is 22.9 Å². The summed E-state index contributed by atoms with van der Waals surface area (Å²) in [6.45, 7) is -0.318. The number of nitrogens with zero attached hydrogens (tertiary/aromatic N) is 2. The van der Waals surface area contributed by atoms with Crippen LogP contribution in [0.25, 0.3) is 0 Å². The van der Waals surface area contributed by atoms with Crippen LogP contribution in [0.4, 0.5) is 8.78 Å². The standard InChI is InChI=1S/C11H12ClF2N3S/c1-7(8-2-3-9(12)18-8)16-6-10-15-4-5-17(10)11(13)14/h2-5,7,11,16H,6H2,1H3. The third kappa shape index (κ3) is 3.07. The Hall–Kier alpha value is -0.980. The van der Waals surface area contributed by atoms with Gasteiger partial charge in [0, 0.05) is 23.3 Å². The molecule has 0 saturated heterocycles. The van der Waals surface area contributed by atoms with E-state index < -0.39 is 6.55 Å². The zero-order valence-electron chi connectivity index (χ0n) is 9.61. The Balaban J connectivity index is 1.97. The molecule has 0 aliphatic heterocycles. The van der Waals surface area contributed by atoms with Crippen molar-refractivity contribution >= 4 is 22.9 Å². The van der Waals surface area contributed by atoms with Crippen LogP contribution in [-0.4, -0.2) is 9.55 Å². The SMILES string of the molecule is CC(NCc1nccn1C(F)F)c1ccc(Cl)s1. The molecule has 0 aliphatic rings. The van der Waals surface area contributed by atoms with E-state index in [2.05, 4.69) is 10.3 Å². The van der Waals surface area contributed by atoms with E-state index in [0.29, 0.717) is 10.2 Å². The van der Waals surface area contributed by atoms with E-state index >= 15 is 0 Å². The van der Waals surface area contributed by atoms with E-state index in [-0.39, 0.29) is 12.6 Å². The summed E-state index contributed by atoms with van der Waals surface area (Å²) in [6.07, 6.45) is 2.64. The normalized spacial score (nSPS) is 13.2. The highest BCUT2D eigenvalue weighted by Crippen LogP contribution is 2.26. The summed E-state index contributed by atoms with van der Waals surface area (Å²) in [5.74, 6) is 0.319. The third-order valence-corrected chi connectivity index (χ3v) is 3.96. The summed E-state index contributed by atoms with van der Waals surface area (Å²) in [5, 5.41) is 3.15. The van der Waals surface area contributed by atoms with Crippen molar-refractivity contribution in [3.63, 3.8) is 0 Å². The molecular weight excluding hydrogens is 280 g/mol. The first-order valence-electron chi connectivity index (χ1n) is 5.36. The molecule has 2 aromatic heterocycles. The van der Waals surface area contributed by atoms with Gasteiger partial charge in [-0.15, -0.1) is 11.3 Å². The first kappa shape index (κ1) is 13.5. The van der Waals surface area contributed by atoms with Crippen molar-refractivity contribution in [3.8, 4) is 0 Å². The minimum absolute atomic E-state index is 0.0466. The zero-order valence-corrected chi connectivity index (χ0v) is 11.2. The number of aromatic nitrogens is 2. The number of imidazole rings is 1. The zero-order chi connectivity index (χ0) is 13.1. The van der Waals surface area contributed by atoms with E-state index in [1.165, 1.54) is 23.7 Å². The molecule has 1 unspecified atom stereocenters. The van der Waals surface area contributed by atoms with Gasteiger partial charge in [-0.05, 0) is 19.1 Å². The fourth-order valence-corrected chi connectivity index (χ4v) is 2.65. The molecule has 0 aliphatic carbocycles. The van der Waals surface area contributed by atoms with Crippen LogP contribution in [0.2, 0.25) is 4.34 Å². The molecule has 0 radical (unpaired) electrons. The summed E-state index contributed by atoms with van der Waals surface area (Å²) in [6, 6.07) is 3.79. The van der Waals surface area contributed by atoms with Gasteiger partial charge < -0.3 is 5.32 Å². The topological polar surface area (TPSA) is 29.9 Å². The highest BCUT2D eigenvalue weighted by molar-refractivity contribution is 7.16. The second-order valence-corrected chi connectivity index (χ2v) is 5.52. The number of alkyl halides is 2. The van der Waals surface area contributed by atoms with E-state index in [1.54, 1.807) is 0 Å². The number of hydrogen-bond donors (Lipinski definition) is 1. The Bertz CT molecular complexity index is 512. The van der Waals surface area contributed by atoms with E-state index in [0.717, 1.165) is 9.44 Å². The summed E-state index contributed by atoms with van der Waals surface area (Å²) >= 11 is 7.32. The molecule has 98 valence electrons. The fraction of sp³-hybridized carbons (Fsp3) is 0.364. The van der Waals surface area contributed by atoms with Gasteiger partial charge in [-0.25, -0.2) is 4.98 Å². The fourth-order valence-electron chi connectivity index (χ4n) is 1.56. The van der Waals surface area contributed by atoms with Gasteiger partial charge in [-0.1, -0.05) is 11.6 Å². The lowest BCUT2D eigenvalue weighted by atomic mass is 10.3. The van der Waals surface area contributed by atoms with Crippen molar-refractivity contribution in [2.24, 2.45) is 0 Å². The van der Waals surface area contributed by atoms with Crippen molar-refractivity contribution in [1.29, 1.82) is 0 Å². The first-order valence-corrected chi connectivity index (χ1v) is 6.56. The predicted molar refractivity (Wildman–Crippen MR) is 68.1 cm³/mol. The van der Waals surface area contributed by atoms with Gasteiger partial charge in [0.1, 0.15) is 5.82 Å². The van der Waals surface area contributed by atoms with Gasteiger partial charge in [0.05, 0.1) is 10.9 Å². The van der Waals surface area contributed by atoms with Gasteiger partial charge in [0.15, 0.2) is 0 Å². The first-order chi connectivity index (χ1) is 8.58. The maximum absolute atomic E-state index is 12.6.